The van der Waals surface area contributed by atoms with E-state index in [0.29, 0.717) is 17.0 Å². The van der Waals surface area contributed by atoms with Gasteiger partial charge in [-0.1, -0.05) is 86.6 Å². The van der Waals surface area contributed by atoms with Gasteiger partial charge in [0.15, 0.2) is 0 Å². The lowest BCUT2D eigenvalue weighted by atomic mass is 9.98. The number of benzene rings is 4. The van der Waals surface area contributed by atoms with E-state index in [-0.39, 0.29) is 5.91 Å². The highest BCUT2D eigenvalue weighted by Gasteiger charge is 2.15. The standard InChI is InChI=1S/C31H27N3O/c1-3-21(2)22-14-17-26(18-15-22)32-31(35)25-16-19-27-28(20-25)34-30(24-12-8-5-9-13-24)29(33-27)23-10-6-4-7-11-23/h4-21H,3H2,1-2H3,(H,32,35)/t21-/m0/s1. The van der Waals surface area contributed by atoms with Crippen LogP contribution in [0, 0.1) is 0 Å². The molecule has 0 aliphatic heterocycles. The monoisotopic (exact) mass is 457 g/mol. The molecule has 4 aromatic carbocycles. The van der Waals surface area contributed by atoms with Gasteiger partial charge in [-0.2, -0.15) is 0 Å². The number of aromatic nitrogens is 2. The van der Waals surface area contributed by atoms with E-state index < -0.39 is 0 Å². The van der Waals surface area contributed by atoms with Crippen LogP contribution in [0.2, 0.25) is 0 Å². The number of anilines is 1. The second kappa shape index (κ2) is 9.90. The first kappa shape index (κ1) is 22.5. The van der Waals surface area contributed by atoms with Gasteiger partial charge in [0.25, 0.3) is 5.91 Å². The number of rotatable bonds is 6. The van der Waals surface area contributed by atoms with Crippen LogP contribution >= 0.6 is 0 Å². The SMILES string of the molecule is CC[C@H](C)c1ccc(NC(=O)c2ccc3nc(-c4ccccc4)c(-c4ccccc4)nc3c2)cc1. The number of carbonyl (C=O) groups excluding carboxylic acids is 1. The summed E-state index contributed by atoms with van der Waals surface area (Å²) < 4.78 is 0. The zero-order chi connectivity index (χ0) is 24.2. The summed E-state index contributed by atoms with van der Waals surface area (Å²) in [6, 6.07) is 33.6. The molecule has 1 heterocycles. The largest absolute Gasteiger partial charge is 0.322 e. The maximum Gasteiger partial charge on any atom is 0.255 e. The zero-order valence-electron chi connectivity index (χ0n) is 19.9. The van der Waals surface area contributed by atoms with Gasteiger partial charge in [-0.05, 0) is 48.2 Å². The topological polar surface area (TPSA) is 54.9 Å². The summed E-state index contributed by atoms with van der Waals surface area (Å²) in [5.74, 6) is 0.330. The molecular weight excluding hydrogens is 430 g/mol. The van der Waals surface area contributed by atoms with Crippen LogP contribution in [-0.2, 0) is 0 Å². The van der Waals surface area contributed by atoms with Crippen molar-refractivity contribution in [2.45, 2.75) is 26.2 Å². The van der Waals surface area contributed by atoms with Crippen LogP contribution in [0.5, 0.6) is 0 Å². The maximum absolute atomic E-state index is 13.0. The van der Waals surface area contributed by atoms with E-state index in [4.69, 9.17) is 9.97 Å². The van der Waals surface area contributed by atoms with E-state index in [1.807, 2.05) is 84.9 Å². The average Bonchev–Trinajstić information content (AvgIpc) is 2.93. The maximum atomic E-state index is 13.0. The van der Waals surface area contributed by atoms with Gasteiger partial charge in [0.05, 0.1) is 22.4 Å². The van der Waals surface area contributed by atoms with Gasteiger partial charge in [-0.3, -0.25) is 4.79 Å². The second-order valence-electron chi connectivity index (χ2n) is 8.74. The quantitative estimate of drug-likeness (QED) is 0.284. The lowest BCUT2D eigenvalue weighted by molar-refractivity contribution is 0.102. The van der Waals surface area contributed by atoms with E-state index in [1.165, 1.54) is 5.56 Å². The second-order valence-corrected chi connectivity index (χ2v) is 8.74. The van der Waals surface area contributed by atoms with Crippen molar-refractivity contribution in [1.82, 2.24) is 9.97 Å². The Morgan fingerprint density at radius 2 is 1.31 bits per heavy atom. The third kappa shape index (κ3) is 4.82. The van der Waals surface area contributed by atoms with Gasteiger partial charge >= 0.3 is 0 Å². The van der Waals surface area contributed by atoms with Gasteiger partial charge in [0, 0.05) is 22.4 Å². The van der Waals surface area contributed by atoms with Crippen molar-refractivity contribution in [2.24, 2.45) is 0 Å². The molecule has 5 rings (SSSR count). The predicted octanol–water partition coefficient (Wildman–Crippen LogP) is 7.73. The van der Waals surface area contributed by atoms with Crippen molar-refractivity contribution in [1.29, 1.82) is 0 Å². The van der Waals surface area contributed by atoms with Gasteiger partial charge in [-0.25, -0.2) is 9.97 Å². The molecule has 0 spiro atoms. The fraction of sp³-hybridized carbons (Fsp3) is 0.129. The van der Waals surface area contributed by atoms with E-state index in [1.54, 1.807) is 6.07 Å². The van der Waals surface area contributed by atoms with Crippen LogP contribution in [0.1, 0.15) is 42.1 Å². The Labute approximate surface area is 205 Å². The van der Waals surface area contributed by atoms with Crippen LogP contribution in [-0.4, -0.2) is 15.9 Å². The van der Waals surface area contributed by atoms with Crippen molar-refractivity contribution in [3.8, 4) is 22.5 Å². The van der Waals surface area contributed by atoms with Crippen molar-refractivity contribution in [2.75, 3.05) is 5.32 Å². The summed E-state index contributed by atoms with van der Waals surface area (Å²) in [6.07, 6.45) is 1.08. The Bertz CT molecular complexity index is 1460. The van der Waals surface area contributed by atoms with Gasteiger partial charge < -0.3 is 5.32 Å². The van der Waals surface area contributed by atoms with Crippen LogP contribution in [0.3, 0.4) is 0 Å². The Balaban J connectivity index is 1.50. The highest BCUT2D eigenvalue weighted by molar-refractivity contribution is 6.06. The molecule has 1 aromatic heterocycles. The summed E-state index contributed by atoms with van der Waals surface area (Å²) >= 11 is 0. The summed E-state index contributed by atoms with van der Waals surface area (Å²) in [4.78, 5) is 22.9. The predicted molar refractivity (Wildman–Crippen MR) is 144 cm³/mol. The first-order valence-electron chi connectivity index (χ1n) is 12.0. The molecule has 4 nitrogen and oxygen atoms in total. The van der Waals surface area contributed by atoms with Gasteiger partial charge in [-0.15, -0.1) is 0 Å². The molecule has 0 aliphatic carbocycles. The molecule has 0 radical (unpaired) electrons. The molecule has 0 aliphatic rings. The van der Waals surface area contributed by atoms with Gasteiger partial charge in [0.2, 0.25) is 0 Å². The minimum absolute atomic E-state index is 0.168. The fourth-order valence-electron chi connectivity index (χ4n) is 4.12. The summed E-state index contributed by atoms with van der Waals surface area (Å²) in [5, 5.41) is 3.00. The van der Waals surface area contributed by atoms with Crippen molar-refractivity contribution in [3.05, 3.63) is 114 Å². The number of hydrogen-bond donors (Lipinski definition) is 1. The number of nitrogens with one attached hydrogen (secondary N) is 1. The van der Waals surface area contributed by atoms with Crippen molar-refractivity contribution in [3.63, 3.8) is 0 Å². The number of carbonyl (C=O) groups is 1. The Morgan fingerprint density at radius 3 is 1.89 bits per heavy atom. The molecule has 35 heavy (non-hydrogen) atoms. The van der Waals surface area contributed by atoms with Crippen molar-refractivity contribution >= 4 is 22.6 Å². The molecule has 1 atom stereocenters. The third-order valence-corrected chi connectivity index (χ3v) is 6.37. The number of fused-ring (bicyclic) bond motifs is 1. The first-order chi connectivity index (χ1) is 17.1. The van der Waals surface area contributed by atoms with Crippen LogP contribution in [0.15, 0.2) is 103 Å². The molecule has 1 N–H and O–H groups in total. The van der Waals surface area contributed by atoms with E-state index in [0.717, 1.165) is 40.1 Å². The summed E-state index contributed by atoms with van der Waals surface area (Å²) in [7, 11) is 0. The number of amides is 1. The summed E-state index contributed by atoms with van der Waals surface area (Å²) in [5.41, 5.74) is 7.63. The zero-order valence-corrected chi connectivity index (χ0v) is 19.9. The lowest BCUT2D eigenvalue weighted by Gasteiger charge is -2.12. The number of hydrogen-bond acceptors (Lipinski definition) is 3. The summed E-state index contributed by atoms with van der Waals surface area (Å²) in [6.45, 7) is 4.38. The molecule has 0 saturated carbocycles. The highest BCUT2D eigenvalue weighted by atomic mass is 16.1. The highest BCUT2D eigenvalue weighted by Crippen LogP contribution is 2.31. The van der Waals surface area contributed by atoms with E-state index in [9.17, 15) is 4.79 Å². The Morgan fingerprint density at radius 1 is 0.743 bits per heavy atom. The Hall–Kier alpha value is -4.31. The molecule has 5 aromatic rings. The fourth-order valence-corrected chi connectivity index (χ4v) is 4.12. The van der Waals surface area contributed by atoms with Crippen LogP contribution < -0.4 is 5.32 Å². The minimum atomic E-state index is -0.168. The normalized spacial score (nSPS) is 11.8. The molecule has 0 unspecified atom stereocenters. The van der Waals surface area contributed by atoms with Crippen molar-refractivity contribution < 1.29 is 4.79 Å². The molecule has 0 bridgehead atoms. The molecule has 4 heteroatoms. The third-order valence-electron chi connectivity index (χ3n) is 6.37. The average molecular weight is 458 g/mol. The van der Waals surface area contributed by atoms with Crippen LogP contribution in [0.4, 0.5) is 5.69 Å². The number of nitrogens with zero attached hydrogens (tertiary/aromatic N) is 2. The lowest BCUT2D eigenvalue weighted by Crippen LogP contribution is -2.12. The van der Waals surface area contributed by atoms with E-state index in [2.05, 4.69) is 31.3 Å². The minimum Gasteiger partial charge on any atom is -0.322 e. The van der Waals surface area contributed by atoms with E-state index >= 15 is 0 Å². The first-order valence-corrected chi connectivity index (χ1v) is 12.0. The Kier molecular flexibility index (Phi) is 6.36. The molecule has 0 saturated heterocycles. The molecule has 1 amide bonds. The molecular formula is C31H27N3O. The molecule has 172 valence electrons. The molecule has 0 fully saturated rings. The van der Waals surface area contributed by atoms with Gasteiger partial charge in [0.1, 0.15) is 0 Å². The smallest absolute Gasteiger partial charge is 0.255 e. The van der Waals surface area contributed by atoms with Crippen LogP contribution in [0.25, 0.3) is 33.5 Å².